The van der Waals surface area contributed by atoms with Gasteiger partial charge in [-0.05, 0) is 96.7 Å². The molecule has 0 saturated heterocycles. The van der Waals surface area contributed by atoms with Gasteiger partial charge in [0.2, 0.25) is 0 Å². The van der Waals surface area contributed by atoms with Crippen molar-refractivity contribution in [3.05, 3.63) is 114 Å². The second kappa shape index (κ2) is 16.4. The minimum atomic E-state index is -0.150. The maximum atomic E-state index is 13.6. The summed E-state index contributed by atoms with van der Waals surface area (Å²) < 4.78 is 6.25. The molecule has 0 spiro atoms. The van der Waals surface area contributed by atoms with Crippen LogP contribution >= 0.6 is 0 Å². The molecule has 6 rings (SSSR count). The molecule has 3 aromatic carbocycles. The Morgan fingerprint density at radius 2 is 1.30 bits per heavy atom. The Hall–Kier alpha value is -4.16. The summed E-state index contributed by atoms with van der Waals surface area (Å²) in [5, 5.41) is 6.84. The molecule has 6 heteroatoms. The number of nitrogens with zero attached hydrogens (tertiary/aromatic N) is 2. The van der Waals surface area contributed by atoms with Crippen LogP contribution in [0.25, 0.3) is 11.1 Å². The first-order valence-corrected chi connectivity index (χ1v) is 17.3. The van der Waals surface area contributed by atoms with Crippen LogP contribution in [0.5, 0.6) is 5.75 Å². The summed E-state index contributed by atoms with van der Waals surface area (Å²) in [7, 11) is 0. The molecule has 0 aliphatic heterocycles. The zero-order valence-corrected chi connectivity index (χ0v) is 27.0. The summed E-state index contributed by atoms with van der Waals surface area (Å²) in [6.45, 7) is 1.87. The normalized spacial score (nSPS) is 16.0. The molecule has 2 N–H and O–H groups in total. The third kappa shape index (κ3) is 9.43. The number of amides is 2. The highest BCUT2D eigenvalue weighted by Crippen LogP contribution is 2.25. The third-order valence-electron chi connectivity index (χ3n) is 9.41. The molecule has 0 unspecified atom stereocenters. The van der Waals surface area contributed by atoms with Crippen LogP contribution in [-0.2, 0) is 19.6 Å². The molecule has 0 bridgehead atoms. The van der Waals surface area contributed by atoms with Crippen molar-refractivity contribution in [3.8, 4) is 16.9 Å². The SMILES string of the molecule is O=C(Nc1ccc(OC2CCCCCC2)cc1)N(Cc1ccc(-c2ccc(CNC3CCCCC3)cc2)cc1)Cc1cccnc1. The second-order valence-corrected chi connectivity index (χ2v) is 13.0. The molecule has 0 atom stereocenters. The fourth-order valence-corrected chi connectivity index (χ4v) is 6.69. The number of anilines is 1. The van der Waals surface area contributed by atoms with Gasteiger partial charge in [0.1, 0.15) is 5.75 Å². The quantitative estimate of drug-likeness (QED) is 0.165. The van der Waals surface area contributed by atoms with Crippen LogP contribution < -0.4 is 15.4 Å². The molecule has 2 saturated carbocycles. The van der Waals surface area contributed by atoms with Crippen LogP contribution in [0.15, 0.2) is 97.3 Å². The van der Waals surface area contributed by atoms with E-state index in [9.17, 15) is 4.79 Å². The highest BCUT2D eigenvalue weighted by Gasteiger charge is 2.17. The summed E-state index contributed by atoms with van der Waals surface area (Å²) in [6, 6.07) is 29.6. The predicted octanol–water partition coefficient (Wildman–Crippen LogP) is 9.51. The zero-order chi connectivity index (χ0) is 31.4. The van der Waals surface area contributed by atoms with Crippen LogP contribution in [0.3, 0.4) is 0 Å². The summed E-state index contributed by atoms with van der Waals surface area (Å²) in [5.41, 5.74) is 6.50. The van der Waals surface area contributed by atoms with Crippen LogP contribution in [0.2, 0.25) is 0 Å². The van der Waals surface area contributed by atoms with Gasteiger partial charge in [0.15, 0.2) is 0 Å². The van der Waals surface area contributed by atoms with E-state index in [1.807, 2.05) is 47.5 Å². The highest BCUT2D eigenvalue weighted by atomic mass is 16.5. The maximum absolute atomic E-state index is 13.6. The number of pyridine rings is 1. The van der Waals surface area contributed by atoms with E-state index in [0.717, 1.165) is 42.0 Å². The summed E-state index contributed by atoms with van der Waals surface area (Å²) >= 11 is 0. The molecule has 2 aliphatic carbocycles. The molecule has 240 valence electrons. The first-order chi connectivity index (χ1) is 22.7. The number of nitrogens with one attached hydrogen (secondary N) is 2. The number of urea groups is 1. The van der Waals surface area contributed by atoms with Gasteiger partial charge in [0, 0.05) is 43.8 Å². The minimum absolute atomic E-state index is 0.150. The summed E-state index contributed by atoms with van der Waals surface area (Å²) in [4.78, 5) is 19.7. The van der Waals surface area contributed by atoms with E-state index in [-0.39, 0.29) is 12.1 Å². The molecule has 6 nitrogen and oxygen atoms in total. The Bertz CT molecular complexity index is 1480. The number of aromatic nitrogens is 1. The molecule has 2 aliphatic rings. The first-order valence-electron chi connectivity index (χ1n) is 17.3. The smallest absolute Gasteiger partial charge is 0.322 e. The van der Waals surface area contributed by atoms with Crippen molar-refractivity contribution >= 4 is 11.7 Å². The molecular formula is C40H48N4O2. The highest BCUT2D eigenvalue weighted by molar-refractivity contribution is 5.89. The Balaban J connectivity index is 1.07. The molecule has 46 heavy (non-hydrogen) atoms. The van der Waals surface area contributed by atoms with Crippen LogP contribution in [-0.4, -0.2) is 28.1 Å². The lowest BCUT2D eigenvalue weighted by molar-refractivity contribution is 0.184. The maximum Gasteiger partial charge on any atom is 0.322 e. The molecule has 2 fully saturated rings. The van der Waals surface area contributed by atoms with Crippen LogP contribution in [0.4, 0.5) is 10.5 Å². The number of hydrogen-bond acceptors (Lipinski definition) is 4. The Morgan fingerprint density at radius 3 is 1.96 bits per heavy atom. The average Bonchev–Trinajstić information content (AvgIpc) is 3.38. The monoisotopic (exact) mass is 616 g/mol. The van der Waals surface area contributed by atoms with Crippen molar-refractivity contribution in [2.45, 2.75) is 102 Å². The Labute approximate surface area is 274 Å². The summed E-state index contributed by atoms with van der Waals surface area (Å²) in [6.07, 6.45) is 17.9. The van der Waals surface area contributed by atoms with Crippen LogP contribution in [0, 0.1) is 0 Å². The van der Waals surface area contributed by atoms with Gasteiger partial charge in [-0.15, -0.1) is 0 Å². The minimum Gasteiger partial charge on any atom is -0.490 e. The van der Waals surface area contributed by atoms with Crippen molar-refractivity contribution in [2.24, 2.45) is 0 Å². The lowest BCUT2D eigenvalue weighted by Crippen LogP contribution is -2.34. The zero-order valence-electron chi connectivity index (χ0n) is 27.0. The van der Waals surface area contributed by atoms with Gasteiger partial charge < -0.3 is 20.3 Å². The van der Waals surface area contributed by atoms with Crippen molar-refractivity contribution in [1.29, 1.82) is 0 Å². The fraction of sp³-hybridized carbons (Fsp3) is 0.400. The topological polar surface area (TPSA) is 66.5 Å². The van der Waals surface area contributed by atoms with E-state index in [0.29, 0.717) is 19.1 Å². The van der Waals surface area contributed by atoms with E-state index in [1.165, 1.54) is 74.5 Å². The second-order valence-electron chi connectivity index (χ2n) is 13.0. The Kier molecular flexibility index (Phi) is 11.4. The molecule has 1 aromatic heterocycles. The average molecular weight is 617 g/mol. The predicted molar refractivity (Wildman–Crippen MR) is 187 cm³/mol. The number of carbonyl (C=O) groups excluding carboxylic acids is 1. The van der Waals surface area contributed by atoms with E-state index in [1.54, 1.807) is 6.20 Å². The molecule has 4 aromatic rings. The van der Waals surface area contributed by atoms with Crippen molar-refractivity contribution in [1.82, 2.24) is 15.2 Å². The molecule has 2 amide bonds. The fourth-order valence-electron chi connectivity index (χ4n) is 6.69. The van der Waals surface area contributed by atoms with Gasteiger partial charge in [0.05, 0.1) is 6.10 Å². The standard InChI is InChI=1S/C40H48N4O2/c45-40(43-37-22-24-39(25-23-37)46-38-12-6-1-2-7-13-38)44(30-33-9-8-26-41-27-33)29-32-16-20-35(21-17-32)34-18-14-31(15-19-34)28-42-36-10-4-3-5-11-36/h8-9,14-27,36,38,42H,1-7,10-13,28-30H2,(H,43,45). The van der Waals surface area contributed by atoms with Gasteiger partial charge >= 0.3 is 6.03 Å². The molecular weight excluding hydrogens is 568 g/mol. The van der Waals surface area contributed by atoms with Crippen molar-refractivity contribution in [2.75, 3.05) is 5.32 Å². The largest absolute Gasteiger partial charge is 0.490 e. The van der Waals surface area contributed by atoms with Crippen molar-refractivity contribution < 1.29 is 9.53 Å². The van der Waals surface area contributed by atoms with Gasteiger partial charge in [-0.25, -0.2) is 4.79 Å². The van der Waals surface area contributed by atoms with Gasteiger partial charge in [-0.2, -0.15) is 0 Å². The van der Waals surface area contributed by atoms with Crippen LogP contribution in [0.1, 0.15) is 87.3 Å². The lowest BCUT2D eigenvalue weighted by atomic mass is 9.95. The molecule has 0 radical (unpaired) electrons. The summed E-state index contributed by atoms with van der Waals surface area (Å²) in [5.74, 6) is 0.864. The van der Waals surface area contributed by atoms with E-state index in [4.69, 9.17) is 4.74 Å². The molecule has 1 heterocycles. The van der Waals surface area contributed by atoms with Gasteiger partial charge in [-0.1, -0.05) is 86.7 Å². The first kappa shape index (κ1) is 31.8. The lowest BCUT2D eigenvalue weighted by Gasteiger charge is -2.24. The van der Waals surface area contributed by atoms with Crippen molar-refractivity contribution in [3.63, 3.8) is 0 Å². The number of carbonyl (C=O) groups is 1. The Morgan fingerprint density at radius 1 is 0.696 bits per heavy atom. The third-order valence-corrected chi connectivity index (χ3v) is 9.41. The number of hydrogen-bond donors (Lipinski definition) is 2. The van der Waals surface area contributed by atoms with Gasteiger partial charge in [0.25, 0.3) is 0 Å². The van der Waals surface area contributed by atoms with E-state index >= 15 is 0 Å². The van der Waals surface area contributed by atoms with E-state index in [2.05, 4.69) is 64.1 Å². The number of benzene rings is 3. The van der Waals surface area contributed by atoms with Gasteiger partial charge in [-0.3, -0.25) is 4.98 Å². The number of ether oxygens (including phenoxy) is 1. The number of rotatable bonds is 11. The van der Waals surface area contributed by atoms with E-state index < -0.39 is 0 Å².